The highest BCUT2D eigenvalue weighted by atomic mass is 32.4. The van der Waals surface area contributed by atoms with Gasteiger partial charge in [0, 0.05) is 31.9 Å². The summed E-state index contributed by atoms with van der Waals surface area (Å²) >= 11 is 6.77. The Bertz CT molecular complexity index is 895. The normalized spacial score (nSPS) is 29.7. The first-order chi connectivity index (χ1) is 14.5. The van der Waals surface area contributed by atoms with Gasteiger partial charge < -0.3 is 4.90 Å². The summed E-state index contributed by atoms with van der Waals surface area (Å²) in [5, 5.41) is 6.78. The standard InChI is InChI=1S/C24H35N4PS/c1-24(2)18-21-23(22(19-24)26-14-8-4-9-15-26)29(30,27-16-10-5-11-17-27)28(25-21)20-12-6-3-7-13-20/h3,6-7,12-13H,4-5,8-11,14-19H2,1-2H3. The van der Waals surface area contributed by atoms with Gasteiger partial charge in [-0.3, -0.25) is 4.67 Å². The zero-order chi connectivity index (χ0) is 20.8. The first-order valence-electron chi connectivity index (χ1n) is 11.8. The molecule has 1 aromatic carbocycles. The van der Waals surface area contributed by atoms with Crippen LogP contribution in [-0.4, -0.2) is 41.5 Å². The fraction of sp³-hybridized carbons (Fsp3) is 0.625. The molecule has 4 nitrogen and oxygen atoms in total. The monoisotopic (exact) mass is 442 g/mol. The minimum Gasteiger partial charge on any atom is -0.374 e. The van der Waals surface area contributed by atoms with Crippen LogP contribution >= 0.6 is 6.34 Å². The van der Waals surface area contributed by atoms with Crippen molar-refractivity contribution in [1.82, 2.24) is 9.57 Å². The average Bonchev–Trinajstić information content (AvgIpc) is 3.07. The summed E-state index contributed by atoms with van der Waals surface area (Å²) in [7, 11) is 0. The van der Waals surface area contributed by atoms with Crippen LogP contribution in [-0.2, 0) is 11.8 Å². The molecule has 1 atom stereocenters. The van der Waals surface area contributed by atoms with E-state index in [1.54, 1.807) is 0 Å². The fourth-order valence-electron chi connectivity index (χ4n) is 5.60. The zero-order valence-electron chi connectivity index (χ0n) is 18.5. The van der Waals surface area contributed by atoms with Crippen LogP contribution in [0.25, 0.3) is 0 Å². The van der Waals surface area contributed by atoms with Crippen LogP contribution < -0.4 is 4.78 Å². The molecular formula is C24H35N4PS. The molecule has 2 fully saturated rings. The molecule has 0 bridgehead atoms. The van der Waals surface area contributed by atoms with Crippen molar-refractivity contribution < 1.29 is 0 Å². The van der Waals surface area contributed by atoms with E-state index < -0.39 is 6.34 Å². The van der Waals surface area contributed by atoms with Crippen LogP contribution in [0.3, 0.4) is 0 Å². The molecule has 0 amide bonds. The Morgan fingerprint density at radius 3 is 2.17 bits per heavy atom. The molecule has 3 aliphatic heterocycles. The summed E-state index contributed by atoms with van der Waals surface area (Å²) in [6.07, 6.45) is 7.83. The van der Waals surface area contributed by atoms with Crippen molar-refractivity contribution in [3.63, 3.8) is 0 Å². The van der Waals surface area contributed by atoms with Crippen LogP contribution in [0.5, 0.6) is 0 Å². The molecule has 0 radical (unpaired) electrons. The highest BCUT2D eigenvalue weighted by molar-refractivity contribution is 8.16. The van der Waals surface area contributed by atoms with Crippen molar-refractivity contribution in [2.75, 3.05) is 31.0 Å². The number of nitrogens with zero attached hydrogens (tertiary/aromatic N) is 4. The lowest BCUT2D eigenvalue weighted by atomic mass is 9.78. The highest BCUT2D eigenvalue weighted by Crippen LogP contribution is 2.69. The number of piperidine rings is 2. The molecule has 1 aromatic rings. The Labute approximate surface area is 187 Å². The van der Waals surface area contributed by atoms with Crippen molar-refractivity contribution >= 4 is 29.5 Å². The van der Waals surface area contributed by atoms with Crippen LogP contribution in [0.1, 0.15) is 65.2 Å². The molecule has 1 aliphatic carbocycles. The lowest BCUT2D eigenvalue weighted by Gasteiger charge is -2.45. The van der Waals surface area contributed by atoms with Gasteiger partial charge in [0.2, 0.25) is 0 Å². The molecule has 162 valence electrons. The minimum absolute atomic E-state index is 0.240. The van der Waals surface area contributed by atoms with E-state index in [-0.39, 0.29) is 5.41 Å². The molecular weight excluding hydrogens is 407 g/mol. The molecule has 2 saturated heterocycles. The van der Waals surface area contributed by atoms with E-state index in [2.05, 4.69) is 58.5 Å². The second kappa shape index (κ2) is 8.07. The van der Waals surface area contributed by atoms with Gasteiger partial charge >= 0.3 is 0 Å². The summed E-state index contributed by atoms with van der Waals surface area (Å²) in [5.41, 5.74) is 4.22. The SMILES string of the molecule is CC1(C)CC2=NN(c3ccccc3)P(=S)(N3CCCCC3)C2=C(N2CCCCC2)C1. The second-order valence-corrected chi connectivity index (χ2v) is 14.1. The average molecular weight is 443 g/mol. The molecule has 5 rings (SSSR count). The third kappa shape index (κ3) is 3.57. The molecule has 0 N–H and O–H groups in total. The quantitative estimate of drug-likeness (QED) is 0.522. The third-order valence-electron chi connectivity index (χ3n) is 7.04. The van der Waals surface area contributed by atoms with E-state index in [0.717, 1.165) is 31.6 Å². The van der Waals surface area contributed by atoms with Crippen molar-refractivity contribution in [1.29, 1.82) is 0 Å². The van der Waals surface area contributed by atoms with Gasteiger partial charge in [-0.05, 0) is 62.5 Å². The molecule has 0 spiro atoms. The molecule has 3 heterocycles. The number of fused-ring (bicyclic) bond motifs is 1. The number of hydrogen-bond acceptors (Lipinski definition) is 3. The predicted octanol–water partition coefficient (Wildman–Crippen LogP) is 6.18. The molecule has 30 heavy (non-hydrogen) atoms. The van der Waals surface area contributed by atoms with Crippen LogP contribution in [0, 0.1) is 5.41 Å². The first-order valence-corrected chi connectivity index (χ1v) is 14.5. The number of benzene rings is 1. The smallest absolute Gasteiger partial charge is 0.154 e. The topological polar surface area (TPSA) is 22.1 Å². The summed E-state index contributed by atoms with van der Waals surface area (Å²) in [5.74, 6) is 0. The van der Waals surface area contributed by atoms with Crippen LogP contribution in [0.4, 0.5) is 5.69 Å². The summed E-state index contributed by atoms with van der Waals surface area (Å²) in [6.45, 7) is 9.41. The third-order valence-corrected chi connectivity index (χ3v) is 11.8. The number of likely N-dealkylation sites (tertiary alicyclic amines) is 1. The lowest BCUT2D eigenvalue weighted by Crippen LogP contribution is -2.38. The Balaban J connectivity index is 1.68. The maximum Gasteiger partial charge on any atom is 0.154 e. The molecule has 0 saturated carbocycles. The number of hydrazone groups is 1. The zero-order valence-corrected chi connectivity index (χ0v) is 20.2. The minimum atomic E-state index is -2.15. The van der Waals surface area contributed by atoms with E-state index in [1.807, 2.05) is 0 Å². The van der Waals surface area contributed by atoms with Gasteiger partial charge in [-0.1, -0.05) is 50.3 Å². The first kappa shape index (κ1) is 20.7. The molecule has 1 unspecified atom stereocenters. The van der Waals surface area contributed by atoms with Gasteiger partial charge in [0.15, 0.2) is 6.34 Å². The second-order valence-electron chi connectivity index (χ2n) is 10.1. The summed E-state index contributed by atoms with van der Waals surface area (Å²) < 4.78 is 4.95. The van der Waals surface area contributed by atoms with E-state index in [9.17, 15) is 0 Å². The predicted molar refractivity (Wildman–Crippen MR) is 132 cm³/mol. The van der Waals surface area contributed by atoms with E-state index in [1.165, 1.54) is 68.3 Å². The largest absolute Gasteiger partial charge is 0.374 e. The molecule has 4 aliphatic rings. The van der Waals surface area contributed by atoms with Gasteiger partial charge in [0.05, 0.1) is 16.7 Å². The Hall–Kier alpha value is -1.16. The lowest BCUT2D eigenvalue weighted by molar-refractivity contribution is 0.240. The molecule has 0 aromatic heterocycles. The van der Waals surface area contributed by atoms with Crippen molar-refractivity contribution in [2.24, 2.45) is 10.5 Å². The maximum atomic E-state index is 6.77. The van der Waals surface area contributed by atoms with Crippen molar-refractivity contribution in [3.8, 4) is 0 Å². The maximum absolute atomic E-state index is 6.77. The molecule has 6 heteroatoms. The van der Waals surface area contributed by atoms with Gasteiger partial charge in [-0.25, -0.2) is 4.78 Å². The number of anilines is 1. The fourth-order valence-corrected chi connectivity index (χ4v) is 10.3. The number of hydrogen-bond donors (Lipinski definition) is 0. The number of para-hydroxylation sites is 1. The van der Waals surface area contributed by atoms with Gasteiger partial charge in [0.25, 0.3) is 0 Å². The number of allylic oxidation sites excluding steroid dienone is 2. The number of rotatable bonds is 3. The Morgan fingerprint density at radius 2 is 1.50 bits per heavy atom. The highest BCUT2D eigenvalue weighted by Gasteiger charge is 2.50. The van der Waals surface area contributed by atoms with E-state index in [4.69, 9.17) is 16.9 Å². The summed E-state index contributed by atoms with van der Waals surface area (Å²) in [6, 6.07) is 10.7. The van der Waals surface area contributed by atoms with E-state index in [0.29, 0.717) is 0 Å². The van der Waals surface area contributed by atoms with Crippen LogP contribution in [0.2, 0.25) is 0 Å². The van der Waals surface area contributed by atoms with Gasteiger partial charge in [-0.15, -0.1) is 0 Å². The van der Waals surface area contributed by atoms with Crippen molar-refractivity contribution in [3.05, 3.63) is 41.3 Å². The van der Waals surface area contributed by atoms with Crippen molar-refractivity contribution in [2.45, 2.75) is 65.2 Å². The van der Waals surface area contributed by atoms with Crippen LogP contribution in [0.15, 0.2) is 46.4 Å². The summed E-state index contributed by atoms with van der Waals surface area (Å²) in [4.78, 5) is 2.69. The Kier molecular flexibility index (Phi) is 5.58. The van der Waals surface area contributed by atoms with Gasteiger partial charge in [-0.2, -0.15) is 5.10 Å². The van der Waals surface area contributed by atoms with Gasteiger partial charge in [0.1, 0.15) is 0 Å². The van der Waals surface area contributed by atoms with E-state index >= 15 is 0 Å². The Morgan fingerprint density at radius 1 is 0.867 bits per heavy atom.